The highest BCUT2D eigenvalue weighted by atomic mass is 16.3. The molecule has 0 aliphatic carbocycles. The molecule has 5 heteroatoms. The Morgan fingerprint density at radius 3 is 2.87 bits per heavy atom. The van der Waals surface area contributed by atoms with Crippen LogP contribution in [-0.4, -0.2) is 28.1 Å². The van der Waals surface area contributed by atoms with E-state index < -0.39 is 11.5 Å². The van der Waals surface area contributed by atoms with Crippen molar-refractivity contribution in [1.82, 2.24) is 4.98 Å². The number of rotatable bonds is 4. The molecule has 0 unspecified atom stereocenters. The van der Waals surface area contributed by atoms with Crippen molar-refractivity contribution in [1.29, 1.82) is 0 Å². The third-order valence-corrected chi connectivity index (χ3v) is 1.74. The van der Waals surface area contributed by atoms with Gasteiger partial charge in [0.1, 0.15) is 5.69 Å². The Hall–Kier alpha value is -1.62. The van der Waals surface area contributed by atoms with E-state index in [2.05, 4.69) is 10.3 Å². The van der Waals surface area contributed by atoms with Gasteiger partial charge >= 0.3 is 0 Å². The second kappa shape index (κ2) is 4.27. The van der Waals surface area contributed by atoms with Crippen LogP contribution in [0.5, 0.6) is 0 Å². The lowest BCUT2D eigenvalue weighted by atomic mass is 10.1. The lowest BCUT2D eigenvalue weighted by Crippen LogP contribution is -2.29. The second-order valence-electron chi connectivity index (χ2n) is 3.96. The Morgan fingerprint density at radius 2 is 2.33 bits per heavy atom. The predicted octanol–water partition coefficient (Wildman–Crippen LogP) is 0.363. The van der Waals surface area contributed by atoms with Gasteiger partial charge in [0.05, 0.1) is 5.60 Å². The molecular weight excluding hydrogens is 194 g/mol. The standard InChI is InChI=1S/C10H15N3O2/c1-10(2,15)6-13-7-3-4-12-8(5-7)9(11)14/h3-5,15H,6H2,1-2H3,(H2,11,14)(H,12,13). The lowest BCUT2D eigenvalue weighted by molar-refractivity contribution is 0.0945. The van der Waals surface area contributed by atoms with E-state index >= 15 is 0 Å². The Labute approximate surface area is 88.3 Å². The Kier molecular flexibility index (Phi) is 3.26. The van der Waals surface area contributed by atoms with Crippen LogP contribution in [0.25, 0.3) is 0 Å². The van der Waals surface area contributed by atoms with Gasteiger partial charge in [0.15, 0.2) is 0 Å². The van der Waals surface area contributed by atoms with Crippen molar-refractivity contribution in [2.45, 2.75) is 19.4 Å². The molecule has 0 fully saturated rings. The maximum absolute atomic E-state index is 10.8. The van der Waals surface area contributed by atoms with Gasteiger partial charge in [0.2, 0.25) is 0 Å². The molecule has 0 spiro atoms. The van der Waals surface area contributed by atoms with E-state index in [4.69, 9.17) is 5.73 Å². The highest BCUT2D eigenvalue weighted by Gasteiger charge is 2.12. The number of aliphatic hydroxyl groups is 1. The van der Waals surface area contributed by atoms with Gasteiger partial charge in [0, 0.05) is 18.4 Å². The largest absolute Gasteiger partial charge is 0.389 e. The molecule has 4 N–H and O–H groups in total. The van der Waals surface area contributed by atoms with Crippen molar-refractivity contribution < 1.29 is 9.90 Å². The molecule has 5 nitrogen and oxygen atoms in total. The number of nitrogens with one attached hydrogen (secondary N) is 1. The summed E-state index contributed by atoms with van der Waals surface area (Å²) in [6, 6.07) is 3.26. The minimum atomic E-state index is -0.809. The predicted molar refractivity (Wildman–Crippen MR) is 57.5 cm³/mol. The van der Waals surface area contributed by atoms with Gasteiger partial charge in [-0.25, -0.2) is 0 Å². The number of carbonyl (C=O) groups excluding carboxylic acids is 1. The summed E-state index contributed by atoms with van der Waals surface area (Å²) in [6.45, 7) is 3.77. The van der Waals surface area contributed by atoms with Crippen LogP contribution < -0.4 is 11.1 Å². The molecule has 15 heavy (non-hydrogen) atoms. The van der Waals surface area contributed by atoms with Gasteiger partial charge < -0.3 is 16.2 Å². The van der Waals surface area contributed by atoms with E-state index in [1.165, 1.54) is 6.20 Å². The molecule has 1 amide bonds. The van der Waals surface area contributed by atoms with Gasteiger partial charge in [-0.3, -0.25) is 9.78 Å². The molecule has 0 aliphatic rings. The molecule has 0 saturated heterocycles. The zero-order valence-electron chi connectivity index (χ0n) is 8.82. The molecule has 0 bridgehead atoms. The number of hydrogen-bond donors (Lipinski definition) is 3. The number of amides is 1. The Bertz CT molecular complexity index is 358. The number of carbonyl (C=O) groups is 1. The van der Waals surface area contributed by atoms with Crippen molar-refractivity contribution in [3.8, 4) is 0 Å². The first-order chi connectivity index (χ1) is 6.88. The number of nitrogens with two attached hydrogens (primary N) is 1. The molecule has 0 aromatic carbocycles. The summed E-state index contributed by atoms with van der Waals surface area (Å²) in [5.74, 6) is -0.568. The molecule has 1 aromatic heterocycles. The minimum absolute atomic E-state index is 0.204. The number of aromatic nitrogens is 1. The second-order valence-corrected chi connectivity index (χ2v) is 3.96. The average Bonchev–Trinajstić information content (AvgIpc) is 2.14. The molecule has 1 rings (SSSR count). The number of nitrogens with zero attached hydrogens (tertiary/aromatic N) is 1. The highest BCUT2D eigenvalue weighted by molar-refractivity contribution is 5.91. The van der Waals surface area contributed by atoms with Crippen molar-refractivity contribution >= 4 is 11.6 Å². The van der Waals surface area contributed by atoms with Crippen LogP contribution in [0.3, 0.4) is 0 Å². The first-order valence-electron chi connectivity index (χ1n) is 4.60. The summed E-state index contributed by atoms with van der Waals surface area (Å²) in [5.41, 5.74) is 5.19. The summed E-state index contributed by atoms with van der Waals surface area (Å²) in [6.07, 6.45) is 1.49. The van der Waals surface area contributed by atoms with Gasteiger partial charge in [-0.15, -0.1) is 0 Å². The zero-order valence-corrected chi connectivity index (χ0v) is 8.82. The summed E-state index contributed by atoms with van der Waals surface area (Å²) in [5, 5.41) is 12.5. The van der Waals surface area contributed by atoms with Crippen LogP contribution in [0.4, 0.5) is 5.69 Å². The van der Waals surface area contributed by atoms with Crippen LogP contribution in [0, 0.1) is 0 Å². The molecular formula is C10H15N3O2. The summed E-state index contributed by atoms with van der Waals surface area (Å²) in [7, 11) is 0. The molecule has 0 radical (unpaired) electrons. The number of primary amides is 1. The van der Waals surface area contributed by atoms with Crippen molar-refractivity contribution in [2.75, 3.05) is 11.9 Å². The third kappa shape index (κ3) is 3.95. The molecule has 0 saturated carbocycles. The van der Waals surface area contributed by atoms with Crippen LogP contribution in [0.2, 0.25) is 0 Å². The highest BCUT2D eigenvalue weighted by Crippen LogP contribution is 2.09. The van der Waals surface area contributed by atoms with E-state index in [0.717, 1.165) is 0 Å². The van der Waals surface area contributed by atoms with Crippen LogP contribution >= 0.6 is 0 Å². The van der Waals surface area contributed by atoms with Crippen LogP contribution in [0.1, 0.15) is 24.3 Å². The first kappa shape index (κ1) is 11.5. The molecule has 0 aliphatic heterocycles. The smallest absolute Gasteiger partial charge is 0.267 e. The minimum Gasteiger partial charge on any atom is -0.389 e. The SMILES string of the molecule is CC(C)(O)CNc1ccnc(C(N)=O)c1. The van der Waals surface area contributed by atoms with Crippen molar-refractivity contribution in [2.24, 2.45) is 5.73 Å². The zero-order chi connectivity index (χ0) is 11.5. The van der Waals surface area contributed by atoms with Gasteiger partial charge in [-0.05, 0) is 26.0 Å². The molecule has 0 atom stereocenters. The Morgan fingerprint density at radius 1 is 1.67 bits per heavy atom. The van der Waals surface area contributed by atoms with Crippen molar-refractivity contribution in [3.05, 3.63) is 24.0 Å². The fourth-order valence-electron chi connectivity index (χ4n) is 0.994. The van der Waals surface area contributed by atoms with Crippen LogP contribution in [-0.2, 0) is 0 Å². The monoisotopic (exact) mass is 209 g/mol. The van der Waals surface area contributed by atoms with E-state index in [1.54, 1.807) is 26.0 Å². The van der Waals surface area contributed by atoms with E-state index in [9.17, 15) is 9.90 Å². The van der Waals surface area contributed by atoms with E-state index in [1.807, 2.05) is 0 Å². The molecule has 1 aromatic rings. The third-order valence-electron chi connectivity index (χ3n) is 1.74. The van der Waals surface area contributed by atoms with Gasteiger partial charge in [-0.2, -0.15) is 0 Å². The molecule has 1 heterocycles. The van der Waals surface area contributed by atoms with Crippen LogP contribution in [0.15, 0.2) is 18.3 Å². The number of anilines is 1. The van der Waals surface area contributed by atoms with Gasteiger partial charge in [-0.1, -0.05) is 0 Å². The van der Waals surface area contributed by atoms with E-state index in [0.29, 0.717) is 12.2 Å². The lowest BCUT2D eigenvalue weighted by Gasteiger charge is -2.18. The molecule has 82 valence electrons. The van der Waals surface area contributed by atoms with Gasteiger partial charge in [0.25, 0.3) is 5.91 Å². The Balaban J connectivity index is 2.70. The quantitative estimate of drug-likeness (QED) is 0.668. The maximum Gasteiger partial charge on any atom is 0.267 e. The fraction of sp³-hybridized carbons (Fsp3) is 0.400. The summed E-state index contributed by atoms with van der Waals surface area (Å²) in [4.78, 5) is 14.6. The topological polar surface area (TPSA) is 88.2 Å². The fourth-order valence-corrected chi connectivity index (χ4v) is 0.994. The normalized spacial score (nSPS) is 11.1. The maximum atomic E-state index is 10.8. The summed E-state index contributed by atoms with van der Waals surface area (Å²) < 4.78 is 0. The number of pyridine rings is 1. The average molecular weight is 209 g/mol. The van der Waals surface area contributed by atoms with E-state index in [-0.39, 0.29) is 5.69 Å². The first-order valence-corrected chi connectivity index (χ1v) is 4.60. The van der Waals surface area contributed by atoms with Crippen molar-refractivity contribution in [3.63, 3.8) is 0 Å². The summed E-state index contributed by atoms with van der Waals surface area (Å²) >= 11 is 0. The number of hydrogen-bond acceptors (Lipinski definition) is 4.